The predicted molar refractivity (Wildman–Crippen MR) is 104 cm³/mol. The molecule has 3 N–H and O–H groups in total. The second kappa shape index (κ2) is 7.61. The van der Waals surface area contributed by atoms with Crippen LogP contribution < -0.4 is 11.1 Å². The lowest BCUT2D eigenvalue weighted by atomic mass is 10.2. The molecule has 0 atom stereocenters. The van der Waals surface area contributed by atoms with Crippen molar-refractivity contribution in [3.63, 3.8) is 0 Å². The summed E-state index contributed by atoms with van der Waals surface area (Å²) in [6, 6.07) is 6.89. The van der Waals surface area contributed by atoms with E-state index in [0.717, 1.165) is 24.1 Å². The van der Waals surface area contributed by atoms with Crippen LogP contribution in [0.4, 0.5) is 5.95 Å². The highest BCUT2D eigenvalue weighted by molar-refractivity contribution is 6.03. The van der Waals surface area contributed by atoms with E-state index in [4.69, 9.17) is 5.73 Å². The number of aromatic nitrogens is 4. The standard InChI is InChI=1S/C19H24N6O2/c1-4-8-24-15-7-6-13(17(20)26)11-14(15)21-19(24)22-18(27)16-10-12(3)23-25(16)9-5-2/h6-7,10-11H,4-5,8-9H2,1-3H3,(H2,20,26)(H,21,22,27). The molecule has 8 heteroatoms. The summed E-state index contributed by atoms with van der Waals surface area (Å²) < 4.78 is 3.65. The van der Waals surface area contributed by atoms with Gasteiger partial charge < -0.3 is 10.3 Å². The number of primary amides is 1. The van der Waals surface area contributed by atoms with E-state index in [1.54, 1.807) is 28.9 Å². The van der Waals surface area contributed by atoms with Gasteiger partial charge in [0, 0.05) is 18.7 Å². The number of hydrogen-bond acceptors (Lipinski definition) is 4. The van der Waals surface area contributed by atoms with Gasteiger partial charge in [-0.25, -0.2) is 4.98 Å². The Bertz CT molecular complexity index is 1000. The van der Waals surface area contributed by atoms with Crippen molar-refractivity contribution in [1.82, 2.24) is 19.3 Å². The van der Waals surface area contributed by atoms with E-state index in [2.05, 4.69) is 22.3 Å². The van der Waals surface area contributed by atoms with Gasteiger partial charge in [0.15, 0.2) is 0 Å². The van der Waals surface area contributed by atoms with Gasteiger partial charge in [0.25, 0.3) is 5.91 Å². The van der Waals surface area contributed by atoms with Gasteiger partial charge in [-0.05, 0) is 44.0 Å². The number of nitrogens with one attached hydrogen (secondary N) is 1. The normalized spacial score (nSPS) is 11.1. The first-order valence-electron chi connectivity index (χ1n) is 9.10. The van der Waals surface area contributed by atoms with Gasteiger partial charge >= 0.3 is 0 Å². The van der Waals surface area contributed by atoms with Gasteiger partial charge in [-0.15, -0.1) is 0 Å². The van der Waals surface area contributed by atoms with Crippen LogP contribution in [0.1, 0.15) is 53.2 Å². The molecule has 2 heterocycles. The summed E-state index contributed by atoms with van der Waals surface area (Å²) in [5.41, 5.74) is 8.50. The molecule has 142 valence electrons. The predicted octanol–water partition coefficient (Wildman–Crippen LogP) is 2.71. The van der Waals surface area contributed by atoms with Gasteiger partial charge in [0.05, 0.1) is 16.7 Å². The van der Waals surface area contributed by atoms with Crippen molar-refractivity contribution in [3.8, 4) is 0 Å². The van der Waals surface area contributed by atoms with E-state index in [9.17, 15) is 9.59 Å². The number of fused-ring (bicyclic) bond motifs is 1. The molecule has 0 aliphatic carbocycles. The molecule has 27 heavy (non-hydrogen) atoms. The lowest BCUT2D eigenvalue weighted by Crippen LogP contribution is -2.20. The first-order chi connectivity index (χ1) is 12.9. The number of carbonyl (C=O) groups is 2. The number of anilines is 1. The number of amides is 2. The molecule has 2 amide bonds. The van der Waals surface area contributed by atoms with E-state index in [-0.39, 0.29) is 5.91 Å². The van der Waals surface area contributed by atoms with Crippen molar-refractivity contribution < 1.29 is 9.59 Å². The van der Waals surface area contributed by atoms with Gasteiger partial charge in [-0.1, -0.05) is 13.8 Å². The van der Waals surface area contributed by atoms with Crippen LogP contribution in [-0.4, -0.2) is 31.1 Å². The van der Waals surface area contributed by atoms with Crippen molar-refractivity contribution in [2.75, 3.05) is 5.32 Å². The number of carbonyl (C=O) groups excluding carboxylic acids is 2. The fraction of sp³-hybridized carbons (Fsp3) is 0.368. The van der Waals surface area contributed by atoms with Crippen molar-refractivity contribution in [2.24, 2.45) is 5.73 Å². The third kappa shape index (κ3) is 3.69. The number of benzene rings is 1. The summed E-state index contributed by atoms with van der Waals surface area (Å²) in [5, 5.41) is 7.27. The summed E-state index contributed by atoms with van der Waals surface area (Å²) in [4.78, 5) is 28.8. The van der Waals surface area contributed by atoms with Crippen LogP contribution in [0.3, 0.4) is 0 Å². The Morgan fingerprint density at radius 2 is 1.89 bits per heavy atom. The highest BCUT2D eigenvalue weighted by Gasteiger charge is 2.18. The summed E-state index contributed by atoms with van der Waals surface area (Å²) in [5.74, 6) is -0.321. The lowest BCUT2D eigenvalue weighted by Gasteiger charge is -2.10. The average Bonchev–Trinajstić information content (AvgIpc) is 3.15. The molecule has 8 nitrogen and oxygen atoms in total. The van der Waals surface area contributed by atoms with E-state index >= 15 is 0 Å². The topological polar surface area (TPSA) is 108 Å². The van der Waals surface area contributed by atoms with Crippen molar-refractivity contribution in [3.05, 3.63) is 41.2 Å². The lowest BCUT2D eigenvalue weighted by molar-refractivity contribution is 0.0995. The van der Waals surface area contributed by atoms with Crippen molar-refractivity contribution in [2.45, 2.75) is 46.7 Å². The number of rotatable bonds is 7. The zero-order valence-corrected chi connectivity index (χ0v) is 15.8. The van der Waals surface area contributed by atoms with Crippen LogP contribution >= 0.6 is 0 Å². The minimum Gasteiger partial charge on any atom is -0.366 e. The maximum Gasteiger partial charge on any atom is 0.276 e. The molecule has 2 aromatic heterocycles. The fourth-order valence-corrected chi connectivity index (χ4v) is 3.10. The van der Waals surface area contributed by atoms with E-state index in [1.807, 2.05) is 18.4 Å². The second-order valence-electron chi connectivity index (χ2n) is 6.50. The molecule has 0 saturated heterocycles. The van der Waals surface area contributed by atoms with Crippen LogP contribution in [0.25, 0.3) is 11.0 Å². The third-order valence-corrected chi connectivity index (χ3v) is 4.28. The van der Waals surface area contributed by atoms with Crippen molar-refractivity contribution in [1.29, 1.82) is 0 Å². The number of nitrogens with zero attached hydrogens (tertiary/aromatic N) is 4. The fourth-order valence-electron chi connectivity index (χ4n) is 3.10. The Morgan fingerprint density at radius 3 is 2.56 bits per heavy atom. The van der Waals surface area contributed by atoms with Gasteiger partial charge in [-0.2, -0.15) is 5.10 Å². The molecule has 0 fully saturated rings. The molecular formula is C19H24N6O2. The van der Waals surface area contributed by atoms with E-state index in [1.165, 1.54) is 0 Å². The minimum absolute atomic E-state index is 0.258. The van der Waals surface area contributed by atoms with Crippen LogP contribution in [0, 0.1) is 6.92 Å². The number of hydrogen-bond donors (Lipinski definition) is 2. The van der Waals surface area contributed by atoms with Gasteiger partial charge in [0.2, 0.25) is 11.9 Å². The zero-order chi connectivity index (χ0) is 19.6. The average molecular weight is 368 g/mol. The number of imidazole rings is 1. The van der Waals surface area contributed by atoms with Gasteiger partial charge in [-0.3, -0.25) is 19.6 Å². The zero-order valence-electron chi connectivity index (χ0n) is 15.8. The van der Waals surface area contributed by atoms with Crippen LogP contribution in [-0.2, 0) is 13.1 Å². The van der Waals surface area contributed by atoms with Gasteiger partial charge in [0.1, 0.15) is 5.69 Å². The van der Waals surface area contributed by atoms with E-state index < -0.39 is 5.91 Å². The van der Waals surface area contributed by atoms with Crippen molar-refractivity contribution >= 4 is 28.8 Å². The molecule has 3 aromatic rings. The Hall–Kier alpha value is -3.16. The first kappa shape index (κ1) is 18.6. The Labute approximate surface area is 157 Å². The monoisotopic (exact) mass is 368 g/mol. The summed E-state index contributed by atoms with van der Waals surface area (Å²) >= 11 is 0. The molecule has 0 saturated carbocycles. The summed E-state index contributed by atoms with van der Waals surface area (Å²) in [7, 11) is 0. The molecule has 0 spiro atoms. The third-order valence-electron chi connectivity index (χ3n) is 4.28. The summed E-state index contributed by atoms with van der Waals surface area (Å²) in [6.07, 6.45) is 1.75. The molecule has 3 rings (SSSR count). The summed E-state index contributed by atoms with van der Waals surface area (Å²) in [6.45, 7) is 7.31. The Balaban J connectivity index is 1.99. The first-order valence-corrected chi connectivity index (χ1v) is 9.10. The van der Waals surface area contributed by atoms with Crippen LogP contribution in [0.2, 0.25) is 0 Å². The highest BCUT2D eigenvalue weighted by atomic mass is 16.2. The molecule has 0 radical (unpaired) electrons. The molecule has 0 aliphatic heterocycles. The molecule has 0 bridgehead atoms. The number of nitrogens with two attached hydrogens (primary N) is 1. The van der Waals surface area contributed by atoms with E-state index in [0.29, 0.717) is 35.8 Å². The molecule has 0 aliphatic rings. The van der Waals surface area contributed by atoms with Crippen LogP contribution in [0.15, 0.2) is 24.3 Å². The van der Waals surface area contributed by atoms with Crippen LogP contribution in [0.5, 0.6) is 0 Å². The Morgan fingerprint density at radius 1 is 1.15 bits per heavy atom. The number of aryl methyl sites for hydroxylation is 3. The Kier molecular flexibility index (Phi) is 5.25. The smallest absolute Gasteiger partial charge is 0.276 e. The maximum atomic E-state index is 12.8. The highest BCUT2D eigenvalue weighted by Crippen LogP contribution is 2.22. The minimum atomic E-state index is -0.508. The SMILES string of the molecule is CCCn1nc(C)cc1C(=O)Nc1nc2cc(C(N)=O)ccc2n1CCC. The molecular weight excluding hydrogens is 344 g/mol. The largest absolute Gasteiger partial charge is 0.366 e. The molecule has 0 unspecified atom stereocenters. The second-order valence-corrected chi connectivity index (χ2v) is 6.50. The molecule has 1 aromatic carbocycles. The maximum absolute atomic E-state index is 12.8. The quantitative estimate of drug-likeness (QED) is 0.668.